The molecule has 136 valence electrons. The molecule has 2 amide bonds. The number of unbranched alkanes of at least 4 members (excludes halogenated alkanes) is 8. The quantitative estimate of drug-likeness (QED) is 0.354. The number of hydrogen-bond donors (Lipinski definition) is 2. The summed E-state index contributed by atoms with van der Waals surface area (Å²) in [6.07, 6.45) is 10.9. The summed E-state index contributed by atoms with van der Waals surface area (Å²) in [5.74, 6) is -2.09. The van der Waals surface area contributed by atoms with Gasteiger partial charge in [-0.05, 0) is 12.5 Å². The van der Waals surface area contributed by atoms with Crippen LogP contribution in [-0.2, 0) is 0 Å². The number of carbonyl (C=O) groups excluding carboxylic acids is 1. The minimum Gasteiger partial charge on any atom is -0.338 e. The van der Waals surface area contributed by atoms with Crippen LogP contribution in [-0.4, -0.2) is 12.6 Å². The molecule has 1 aromatic rings. The lowest BCUT2D eigenvalue weighted by molar-refractivity contribution is 0.252. The highest BCUT2D eigenvalue weighted by Gasteiger charge is 2.10. The van der Waals surface area contributed by atoms with Crippen LogP contribution in [0.1, 0.15) is 64.7 Å². The molecule has 0 aromatic heterocycles. The zero-order valence-corrected chi connectivity index (χ0v) is 15.0. The average Bonchev–Trinajstić information content (AvgIpc) is 2.54. The average molecular weight is 361 g/mol. The van der Waals surface area contributed by atoms with Gasteiger partial charge in [-0.15, -0.1) is 0 Å². The van der Waals surface area contributed by atoms with Crippen LogP contribution < -0.4 is 10.6 Å². The molecular formula is C18H27ClF2N2O. The molecule has 0 fully saturated rings. The van der Waals surface area contributed by atoms with E-state index in [1.165, 1.54) is 44.9 Å². The molecule has 2 N–H and O–H groups in total. The van der Waals surface area contributed by atoms with E-state index in [9.17, 15) is 13.6 Å². The second kappa shape index (κ2) is 12.1. The van der Waals surface area contributed by atoms with Crippen molar-refractivity contribution in [2.24, 2.45) is 0 Å². The lowest BCUT2D eigenvalue weighted by Gasteiger charge is -2.09. The molecule has 6 heteroatoms. The van der Waals surface area contributed by atoms with Crippen molar-refractivity contribution in [1.29, 1.82) is 0 Å². The highest BCUT2D eigenvalue weighted by atomic mass is 35.5. The van der Waals surface area contributed by atoms with Crippen molar-refractivity contribution in [1.82, 2.24) is 5.32 Å². The summed E-state index contributed by atoms with van der Waals surface area (Å²) in [6.45, 7) is 2.76. The third kappa shape index (κ3) is 8.48. The van der Waals surface area contributed by atoms with E-state index < -0.39 is 17.7 Å². The molecule has 0 bridgehead atoms. The second-order valence-electron chi connectivity index (χ2n) is 5.96. The predicted molar refractivity (Wildman–Crippen MR) is 95.6 cm³/mol. The summed E-state index contributed by atoms with van der Waals surface area (Å²) in [6, 6.07) is 1.24. The van der Waals surface area contributed by atoms with Gasteiger partial charge >= 0.3 is 6.03 Å². The molecule has 0 atom stereocenters. The lowest BCUT2D eigenvalue weighted by atomic mass is 10.1. The van der Waals surface area contributed by atoms with E-state index in [-0.39, 0.29) is 10.7 Å². The van der Waals surface area contributed by atoms with Crippen molar-refractivity contribution in [3.05, 3.63) is 28.8 Å². The van der Waals surface area contributed by atoms with Gasteiger partial charge in [0.1, 0.15) is 0 Å². The van der Waals surface area contributed by atoms with Crippen LogP contribution in [0.5, 0.6) is 0 Å². The van der Waals surface area contributed by atoms with E-state index in [4.69, 9.17) is 11.6 Å². The number of nitrogens with one attached hydrogen (secondary N) is 2. The van der Waals surface area contributed by atoms with Crippen molar-refractivity contribution in [2.45, 2.75) is 64.7 Å². The summed E-state index contributed by atoms with van der Waals surface area (Å²) in [5, 5.41) is 5.07. The minimum atomic E-state index is -1.05. The Morgan fingerprint density at radius 1 is 0.958 bits per heavy atom. The number of halogens is 3. The van der Waals surface area contributed by atoms with Gasteiger partial charge < -0.3 is 10.6 Å². The standard InChI is InChI=1S/C18H27ClF2N2O/c1-2-3-4-5-6-7-8-9-10-11-22-18(24)23-17-13-16(21)15(20)12-14(17)19/h12-13H,2-11H2,1H3,(H2,22,23,24). The Labute approximate surface area is 148 Å². The number of rotatable bonds is 11. The van der Waals surface area contributed by atoms with Crippen LogP contribution in [0.3, 0.4) is 0 Å². The first-order valence-corrected chi connectivity index (χ1v) is 9.11. The van der Waals surface area contributed by atoms with Gasteiger partial charge in [-0.2, -0.15) is 0 Å². The van der Waals surface area contributed by atoms with Gasteiger partial charge in [-0.1, -0.05) is 69.9 Å². The molecule has 1 rings (SSSR count). The van der Waals surface area contributed by atoms with Crippen LogP contribution >= 0.6 is 11.6 Å². The van der Waals surface area contributed by atoms with Crippen molar-refractivity contribution in [3.8, 4) is 0 Å². The fraction of sp³-hybridized carbons (Fsp3) is 0.611. The molecule has 0 aliphatic carbocycles. The number of amides is 2. The van der Waals surface area contributed by atoms with Crippen molar-refractivity contribution in [3.63, 3.8) is 0 Å². The summed E-state index contributed by atoms with van der Waals surface area (Å²) >= 11 is 5.76. The monoisotopic (exact) mass is 360 g/mol. The summed E-state index contributed by atoms with van der Waals surface area (Å²) in [4.78, 5) is 11.7. The summed E-state index contributed by atoms with van der Waals surface area (Å²) in [7, 11) is 0. The van der Waals surface area contributed by atoms with Gasteiger partial charge in [-0.3, -0.25) is 0 Å². The normalized spacial score (nSPS) is 10.7. The molecule has 0 aliphatic rings. The first-order valence-electron chi connectivity index (χ1n) is 8.74. The highest BCUT2D eigenvalue weighted by Crippen LogP contribution is 2.24. The smallest absolute Gasteiger partial charge is 0.319 e. The summed E-state index contributed by atoms with van der Waals surface area (Å²) < 4.78 is 26.1. The van der Waals surface area contributed by atoms with E-state index in [1.54, 1.807) is 0 Å². The Bertz CT molecular complexity index is 512. The Kier molecular flexibility index (Phi) is 10.4. The Hall–Kier alpha value is -1.36. The Morgan fingerprint density at radius 3 is 2.12 bits per heavy atom. The van der Waals surface area contributed by atoms with Crippen LogP contribution in [0, 0.1) is 11.6 Å². The van der Waals surface area contributed by atoms with Gasteiger partial charge in [-0.25, -0.2) is 13.6 Å². The molecule has 0 heterocycles. The van der Waals surface area contributed by atoms with E-state index in [2.05, 4.69) is 17.6 Å². The third-order valence-corrected chi connectivity index (χ3v) is 4.14. The number of hydrogen-bond acceptors (Lipinski definition) is 1. The lowest BCUT2D eigenvalue weighted by Crippen LogP contribution is -2.29. The largest absolute Gasteiger partial charge is 0.338 e. The topological polar surface area (TPSA) is 41.1 Å². The van der Waals surface area contributed by atoms with Crippen molar-refractivity contribution in [2.75, 3.05) is 11.9 Å². The molecular weight excluding hydrogens is 334 g/mol. The number of anilines is 1. The molecule has 0 radical (unpaired) electrons. The fourth-order valence-electron chi connectivity index (χ4n) is 2.42. The predicted octanol–water partition coefficient (Wildman–Crippen LogP) is 6.27. The molecule has 1 aromatic carbocycles. The second-order valence-corrected chi connectivity index (χ2v) is 6.36. The van der Waals surface area contributed by atoms with Gasteiger partial charge in [0.05, 0.1) is 10.7 Å². The van der Waals surface area contributed by atoms with Gasteiger partial charge in [0.2, 0.25) is 0 Å². The Balaban J connectivity index is 2.09. The summed E-state index contributed by atoms with van der Waals surface area (Å²) in [5.41, 5.74) is 0.0557. The maximum atomic E-state index is 13.1. The first-order chi connectivity index (χ1) is 11.5. The molecule has 0 saturated carbocycles. The van der Waals surface area contributed by atoms with Crippen LogP contribution in [0.4, 0.5) is 19.3 Å². The first kappa shape index (κ1) is 20.7. The number of benzene rings is 1. The van der Waals surface area contributed by atoms with Crippen LogP contribution in [0.15, 0.2) is 12.1 Å². The van der Waals surface area contributed by atoms with Gasteiger partial charge in [0, 0.05) is 12.6 Å². The maximum Gasteiger partial charge on any atom is 0.319 e. The number of carbonyl (C=O) groups is 1. The zero-order valence-electron chi connectivity index (χ0n) is 14.3. The molecule has 0 spiro atoms. The zero-order chi connectivity index (χ0) is 17.8. The minimum absolute atomic E-state index is 0.0351. The maximum absolute atomic E-state index is 13.1. The van der Waals surface area contributed by atoms with E-state index in [0.29, 0.717) is 6.54 Å². The van der Waals surface area contributed by atoms with Crippen LogP contribution in [0.25, 0.3) is 0 Å². The van der Waals surface area contributed by atoms with E-state index in [0.717, 1.165) is 25.0 Å². The fourth-order valence-corrected chi connectivity index (χ4v) is 2.62. The molecule has 0 saturated heterocycles. The molecule has 3 nitrogen and oxygen atoms in total. The highest BCUT2D eigenvalue weighted by molar-refractivity contribution is 6.33. The van der Waals surface area contributed by atoms with E-state index >= 15 is 0 Å². The third-order valence-electron chi connectivity index (χ3n) is 3.82. The van der Waals surface area contributed by atoms with Gasteiger partial charge in [0.15, 0.2) is 11.6 Å². The van der Waals surface area contributed by atoms with Crippen molar-refractivity contribution < 1.29 is 13.6 Å². The van der Waals surface area contributed by atoms with Crippen LogP contribution in [0.2, 0.25) is 5.02 Å². The number of urea groups is 1. The Morgan fingerprint density at radius 2 is 1.50 bits per heavy atom. The van der Waals surface area contributed by atoms with Gasteiger partial charge in [0.25, 0.3) is 0 Å². The molecule has 24 heavy (non-hydrogen) atoms. The SMILES string of the molecule is CCCCCCCCCCCNC(=O)Nc1cc(F)c(F)cc1Cl. The molecule has 0 aliphatic heterocycles. The van der Waals surface area contributed by atoms with Crippen molar-refractivity contribution >= 4 is 23.3 Å². The van der Waals surface area contributed by atoms with E-state index in [1.807, 2.05) is 0 Å². The molecule has 0 unspecified atom stereocenters.